The number of ether oxygens (including phenoxy) is 1. The Balaban J connectivity index is 1.93. The van der Waals surface area contributed by atoms with Crippen molar-refractivity contribution in [1.82, 2.24) is 0 Å². The number of halogens is 1. The Morgan fingerprint density at radius 3 is 2.26 bits per heavy atom. The Kier molecular flexibility index (Phi) is 5.32. The molecule has 0 unspecified atom stereocenters. The molecule has 3 rings (SSSR count). The third-order valence-corrected chi connectivity index (χ3v) is 5.42. The Labute approximate surface area is 158 Å². The van der Waals surface area contributed by atoms with Crippen molar-refractivity contribution in [3.8, 4) is 5.75 Å². The highest BCUT2D eigenvalue weighted by molar-refractivity contribution is 7.94. The largest absolute Gasteiger partial charge is 0.491 e. The molecule has 0 fully saturated rings. The average molecular weight is 389 g/mol. The zero-order valence-electron chi connectivity index (χ0n) is 15.0. The van der Waals surface area contributed by atoms with Crippen LogP contribution >= 0.6 is 0 Å². The number of amides is 1. The standard InChI is InChI=1S/C20H20FNO4S/c1-14(2)26-19-9-3-15(4-10-19)20(23)22(17-7-5-16(21)6-8-17)18-11-12-27(24,25)13-18/h3-12,14,18H,13H2,1-2H3/t18-/m0/s1. The Morgan fingerprint density at radius 2 is 1.74 bits per heavy atom. The fourth-order valence-corrected chi connectivity index (χ4v) is 4.14. The second-order valence-corrected chi connectivity index (χ2v) is 8.50. The van der Waals surface area contributed by atoms with E-state index in [4.69, 9.17) is 4.74 Å². The lowest BCUT2D eigenvalue weighted by molar-refractivity contribution is 0.0983. The smallest absolute Gasteiger partial charge is 0.258 e. The van der Waals surface area contributed by atoms with Gasteiger partial charge in [0, 0.05) is 16.7 Å². The highest BCUT2D eigenvalue weighted by atomic mass is 32.2. The molecule has 0 N–H and O–H groups in total. The molecule has 0 radical (unpaired) electrons. The fourth-order valence-electron chi connectivity index (χ4n) is 2.87. The van der Waals surface area contributed by atoms with Gasteiger partial charge in [-0.15, -0.1) is 0 Å². The van der Waals surface area contributed by atoms with Crippen molar-refractivity contribution >= 4 is 21.4 Å². The van der Waals surface area contributed by atoms with Crippen LogP contribution in [0.1, 0.15) is 24.2 Å². The summed E-state index contributed by atoms with van der Waals surface area (Å²) in [7, 11) is -3.36. The summed E-state index contributed by atoms with van der Waals surface area (Å²) in [5.41, 5.74) is 0.809. The third-order valence-electron chi connectivity index (χ3n) is 4.04. The minimum absolute atomic E-state index is 0.0103. The first-order chi connectivity index (χ1) is 12.7. The minimum atomic E-state index is -3.36. The third kappa shape index (κ3) is 4.54. The fraction of sp³-hybridized carbons (Fsp3) is 0.250. The predicted octanol–water partition coefficient (Wildman–Crippen LogP) is 3.57. The van der Waals surface area contributed by atoms with E-state index in [0.717, 1.165) is 5.41 Å². The molecule has 27 heavy (non-hydrogen) atoms. The first kappa shape index (κ1) is 19.1. The van der Waals surface area contributed by atoms with Crippen LogP contribution in [0.15, 0.2) is 60.0 Å². The number of hydrogen-bond donors (Lipinski definition) is 0. The first-order valence-electron chi connectivity index (χ1n) is 8.52. The minimum Gasteiger partial charge on any atom is -0.491 e. The Hall–Kier alpha value is -2.67. The van der Waals surface area contributed by atoms with Crippen molar-refractivity contribution in [2.45, 2.75) is 26.0 Å². The van der Waals surface area contributed by atoms with Gasteiger partial charge in [-0.25, -0.2) is 12.8 Å². The van der Waals surface area contributed by atoms with Crippen LogP contribution in [-0.4, -0.2) is 32.2 Å². The molecule has 5 nitrogen and oxygen atoms in total. The van der Waals surface area contributed by atoms with Crippen LogP contribution < -0.4 is 9.64 Å². The van der Waals surface area contributed by atoms with Gasteiger partial charge in [-0.05, 0) is 68.5 Å². The number of hydrogen-bond acceptors (Lipinski definition) is 4. The molecule has 0 saturated carbocycles. The summed E-state index contributed by atoms with van der Waals surface area (Å²) in [5, 5.41) is 1.11. The normalized spacial score (nSPS) is 17.9. The zero-order valence-corrected chi connectivity index (χ0v) is 15.8. The van der Waals surface area contributed by atoms with Crippen LogP contribution in [0.3, 0.4) is 0 Å². The predicted molar refractivity (Wildman–Crippen MR) is 102 cm³/mol. The molecule has 1 aliphatic rings. The molecule has 0 bridgehead atoms. The van der Waals surface area contributed by atoms with Gasteiger partial charge in [-0.3, -0.25) is 4.79 Å². The van der Waals surface area contributed by atoms with Crippen molar-refractivity contribution < 1.29 is 22.3 Å². The van der Waals surface area contributed by atoms with Gasteiger partial charge in [0.25, 0.3) is 5.91 Å². The zero-order chi connectivity index (χ0) is 19.6. The molecule has 2 aromatic carbocycles. The van der Waals surface area contributed by atoms with E-state index in [9.17, 15) is 17.6 Å². The van der Waals surface area contributed by atoms with Gasteiger partial charge in [0.15, 0.2) is 9.84 Å². The average Bonchev–Trinajstić information content (AvgIpc) is 2.96. The number of rotatable bonds is 5. The topological polar surface area (TPSA) is 63.7 Å². The van der Waals surface area contributed by atoms with Crippen LogP contribution in [0.25, 0.3) is 0 Å². The quantitative estimate of drug-likeness (QED) is 0.784. The molecule has 2 aromatic rings. The lowest BCUT2D eigenvalue weighted by Crippen LogP contribution is -2.41. The number of carbonyl (C=O) groups excluding carboxylic acids is 1. The van der Waals surface area contributed by atoms with Crippen molar-refractivity contribution in [3.05, 3.63) is 71.4 Å². The van der Waals surface area contributed by atoms with Crippen LogP contribution in [0.4, 0.5) is 10.1 Å². The van der Waals surface area contributed by atoms with Crippen molar-refractivity contribution in [1.29, 1.82) is 0 Å². The maximum absolute atomic E-state index is 13.3. The van der Waals surface area contributed by atoms with E-state index >= 15 is 0 Å². The number of carbonyl (C=O) groups is 1. The van der Waals surface area contributed by atoms with Crippen LogP contribution in [0.5, 0.6) is 5.75 Å². The molecule has 0 aromatic heterocycles. The van der Waals surface area contributed by atoms with E-state index in [-0.39, 0.29) is 17.8 Å². The highest BCUT2D eigenvalue weighted by Crippen LogP contribution is 2.26. The molecule has 0 saturated heterocycles. The van der Waals surface area contributed by atoms with Gasteiger partial charge in [-0.2, -0.15) is 0 Å². The molecule has 142 valence electrons. The Bertz CT molecular complexity index is 950. The van der Waals surface area contributed by atoms with Gasteiger partial charge in [-0.1, -0.05) is 0 Å². The first-order valence-corrected chi connectivity index (χ1v) is 10.2. The number of anilines is 1. The molecular weight excluding hydrogens is 369 g/mol. The molecular formula is C20H20FNO4S. The van der Waals surface area contributed by atoms with Gasteiger partial charge in [0.1, 0.15) is 11.6 Å². The summed E-state index contributed by atoms with van der Waals surface area (Å²) in [6.45, 7) is 3.81. The van der Waals surface area contributed by atoms with Crippen molar-refractivity contribution in [3.63, 3.8) is 0 Å². The molecule has 1 heterocycles. The van der Waals surface area contributed by atoms with E-state index in [0.29, 0.717) is 17.0 Å². The lowest BCUT2D eigenvalue weighted by atomic mass is 10.1. The van der Waals surface area contributed by atoms with E-state index in [1.165, 1.54) is 35.2 Å². The van der Waals surface area contributed by atoms with Crippen molar-refractivity contribution in [2.24, 2.45) is 0 Å². The maximum atomic E-state index is 13.3. The number of sulfone groups is 1. The summed E-state index contributed by atoms with van der Waals surface area (Å²) >= 11 is 0. The second kappa shape index (κ2) is 7.52. The van der Waals surface area contributed by atoms with Crippen LogP contribution in [0.2, 0.25) is 0 Å². The summed E-state index contributed by atoms with van der Waals surface area (Å²) in [5.74, 6) is -0.372. The van der Waals surface area contributed by atoms with Crippen LogP contribution in [-0.2, 0) is 9.84 Å². The summed E-state index contributed by atoms with van der Waals surface area (Å²) < 4.78 is 42.5. The van der Waals surface area contributed by atoms with Crippen molar-refractivity contribution in [2.75, 3.05) is 10.7 Å². The summed E-state index contributed by atoms with van der Waals surface area (Å²) in [6, 6.07) is 11.4. The van der Waals surface area contributed by atoms with E-state index in [1.807, 2.05) is 13.8 Å². The molecule has 1 amide bonds. The molecule has 1 atom stereocenters. The Morgan fingerprint density at radius 1 is 1.11 bits per heavy atom. The molecule has 7 heteroatoms. The molecule has 0 spiro atoms. The van der Waals surface area contributed by atoms with Gasteiger partial charge in [0.05, 0.1) is 17.9 Å². The van der Waals surface area contributed by atoms with Gasteiger partial charge < -0.3 is 9.64 Å². The van der Waals surface area contributed by atoms with Crippen LogP contribution in [0, 0.1) is 5.82 Å². The van der Waals surface area contributed by atoms with E-state index < -0.39 is 21.7 Å². The number of benzene rings is 2. The second-order valence-electron chi connectivity index (χ2n) is 6.57. The lowest BCUT2D eigenvalue weighted by Gasteiger charge is -2.28. The summed E-state index contributed by atoms with van der Waals surface area (Å²) in [4.78, 5) is 14.5. The maximum Gasteiger partial charge on any atom is 0.258 e. The number of nitrogens with zero attached hydrogens (tertiary/aromatic N) is 1. The highest BCUT2D eigenvalue weighted by Gasteiger charge is 2.32. The molecule has 0 aliphatic carbocycles. The SMILES string of the molecule is CC(C)Oc1ccc(C(=O)N(c2ccc(F)cc2)[C@H]2C=CS(=O)(=O)C2)cc1. The van der Waals surface area contributed by atoms with Gasteiger partial charge >= 0.3 is 0 Å². The van der Waals surface area contributed by atoms with E-state index in [2.05, 4.69) is 0 Å². The van der Waals surface area contributed by atoms with E-state index in [1.54, 1.807) is 24.3 Å². The monoisotopic (exact) mass is 389 g/mol. The molecule has 1 aliphatic heterocycles. The summed E-state index contributed by atoms with van der Waals surface area (Å²) in [6.07, 6.45) is 1.49. The van der Waals surface area contributed by atoms with Gasteiger partial charge in [0.2, 0.25) is 0 Å².